The first-order chi connectivity index (χ1) is 14.0. The van der Waals surface area contributed by atoms with Gasteiger partial charge < -0.3 is 5.32 Å². The van der Waals surface area contributed by atoms with Crippen molar-refractivity contribution in [3.8, 4) is 0 Å². The molecule has 0 saturated heterocycles. The lowest BCUT2D eigenvalue weighted by Gasteiger charge is -2.15. The minimum absolute atomic E-state index is 0.128. The molecular weight excluding hydrogens is 368 g/mol. The van der Waals surface area contributed by atoms with Crippen molar-refractivity contribution in [2.75, 3.05) is 6.54 Å². The van der Waals surface area contributed by atoms with Crippen LogP contribution in [0.5, 0.6) is 0 Å². The number of aromatic amines is 1. The third-order valence-electron chi connectivity index (χ3n) is 5.46. The fourth-order valence-corrected chi connectivity index (χ4v) is 3.59. The molecule has 150 valence electrons. The molecule has 1 aliphatic carbocycles. The van der Waals surface area contributed by atoms with Crippen LogP contribution < -0.4 is 16.6 Å². The Morgan fingerprint density at radius 1 is 1.28 bits per heavy atom. The molecule has 2 aromatic heterocycles. The fourth-order valence-electron chi connectivity index (χ4n) is 3.59. The zero-order valence-electron chi connectivity index (χ0n) is 16.6. The first-order valence-electron chi connectivity index (χ1n) is 10.0. The summed E-state index contributed by atoms with van der Waals surface area (Å²) in [6.07, 6.45) is 2.01. The van der Waals surface area contributed by atoms with Gasteiger partial charge in [-0.3, -0.25) is 19.1 Å². The standard InChI is InChI=1S/C22H24N4O3/c1-3-26-19-18(21(28)25-22(26)29)16(11-17(24-19)15-9-10-15)20(27)23-12-13(2)14-7-5-4-6-8-14/h4-8,11,13,15H,3,9-10,12H2,1-2H3,(H,23,27)(H,25,28,29)/t13-/m0/s1. The molecule has 7 heteroatoms. The molecule has 1 atom stereocenters. The number of benzene rings is 1. The molecule has 0 radical (unpaired) electrons. The van der Waals surface area contributed by atoms with Crippen molar-refractivity contribution in [3.63, 3.8) is 0 Å². The van der Waals surface area contributed by atoms with Crippen molar-refractivity contribution in [1.29, 1.82) is 0 Å². The summed E-state index contributed by atoms with van der Waals surface area (Å²) in [6, 6.07) is 11.6. The van der Waals surface area contributed by atoms with E-state index in [4.69, 9.17) is 0 Å². The Morgan fingerprint density at radius 2 is 2.00 bits per heavy atom. The Hall–Kier alpha value is -3.22. The second kappa shape index (κ2) is 7.66. The highest BCUT2D eigenvalue weighted by Gasteiger charge is 2.28. The number of fused-ring (bicyclic) bond motifs is 1. The van der Waals surface area contributed by atoms with Crippen LogP contribution in [0.1, 0.15) is 60.1 Å². The third kappa shape index (κ3) is 3.72. The van der Waals surface area contributed by atoms with Crippen LogP contribution >= 0.6 is 0 Å². The number of nitrogens with one attached hydrogen (secondary N) is 2. The van der Waals surface area contributed by atoms with Gasteiger partial charge in [0.15, 0.2) is 5.65 Å². The fraction of sp³-hybridized carbons (Fsp3) is 0.364. The lowest BCUT2D eigenvalue weighted by atomic mass is 10.0. The van der Waals surface area contributed by atoms with Crippen LogP contribution in [0.2, 0.25) is 0 Å². The predicted octanol–water partition coefficient (Wildman–Crippen LogP) is 2.52. The molecule has 2 heterocycles. The Morgan fingerprint density at radius 3 is 2.66 bits per heavy atom. The van der Waals surface area contributed by atoms with Crippen LogP contribution in [0.15, 0.2) is 46.0 Å². The quantitative estimate of drug-likeness (QED) is 0.674. The number of carbonyl (C=O) groups is 1. The van der Waals surface area contributed by atoms with E-state index in [1.165, 1.54) is 4.57 Å². The van der Waals surface area contributed by atoms with Crippen molar-refractivity contribution in [2.45, 2.75) is 45.1 Å². The molecule has 3 aromatic rings. The summed E-state index contributed by atoms with van der Waals surface area (Å²) in [7, 11) is 0. The van der Waals surface area contributed by atoms with E-state index in [1.54, 1.807) is 6.07 Å². The Bertz CT molecular complexity index is 1180. The second-order valence-electron chi connectivity index (χ2n) is 7.59. The Balaban J connectivity index is 1.73. The van der Waals surface area contributed by atoms with E-state index in [1.807, 2.05) is 44.2 Å². The highest BCUT2D eigenvalue weighted by atomic mass is 16.2. The van der Waals surface area contributed by atoms with Gasteiger partial charge in [-0.15, -0.1) is 0 Å². The van der Waals surface area contributed by atoms with E-state index >= 15 is 0 Å². The number of amides is 1. The largest absolute Gasteiger partial charge is 0.351 e. The molecule has 1 aliphatic rings. The van der Waals surface area contributed by atoms with E-state index in [2.05, 4.69) is 15.3 Å². The van der Waals surface area contributed by atoms with Crippen LogP contribution in [0.25, 0.3) is 11.0 Å². The van der Waals surface area contributed by atoms with Crippen LogP contribution in [0, 0.1) is 0 Å². The third-order valence-corrected chi connectivity index (χ3v) is 5.46. The van der Waals surface area contributed by atoms with Gasteiger partial charge in [0, 0.05) is 24.7 Å². The molecular formula is C22H24N4O3. The topological polar surface area (TPSA) is 96.9 Å². The van der Waals surface area contributed by atoms with Crippen LogP contribution in [-0.4, -0.2) is 27.0 Å². The van der Waals surface area contributed by atoms with Crippen LogP contribution in [-0.2, 0) is 6.54 Å². The van der Waals surface area contributed by atoms with Crippen molar-refractivity contribution in [3.05, 3.63) is 74.1 Å². The molecule has 1 aromatic carbocycles. The number of hydrogen-bond acceptors (Lipinski definition) is 4. The maximum absolute atomic E-state index is 13.0. The number of pyridine rings is 1. The van der Waals surface area contributed by atoms with Gasteiger partial charge in [0.2, 0.25) is 0 Å². The number of aromatic nitrogens is 3. The summed E-state index contributed by atoms with van der Waals surface area (Å²) in [5.41, 5.74) is 1.38. The number of aryl methyl sites for hydroxylation is 1. The van der Waals surface area contributed by atoms with Gasteiger partial charge in [-0.1, -0.05) is 37.3 Å². The maximum Gasteiger partial charge on any atom is 0.329 e. The molecule has 1 saturated carbocycles. The van der Waals surface area contributed by atoms with Crippen LogP contribution in [0.3, 0.4) is 0 Å². The van der Waals surface area contributed by atoms with Crippen molar-refractivity contribution in [1.82, 2.24) is 19.9 Å². The average molecular weight is 392 g/mol. The summed E-state index contributed by atoms with van der Waals surface area (Å²) in [6.45, 7) is 4.65. The molecule has 0 unspecified atom stereocenters. The van der Waals surface area contributed by atoms with Gasteiger partial charge in [-0.2, -0.15) is 0 Å². The molecule has 0 spiro atoms. The van der Waals surface area contributed by atoms with Gasteiger partial charge in [0.05, 0.1) is 10.9 Å². The molecule has 0 bridgehead atoms. The smallest absolute Gasteiger partial charge is 0.329 e. The van der Waals surface area contributed by atoms with Crippen molar-refractivity contribution >= 4 is 16.9 Å². The lowest BCUT2D eigenvalue weighted by Crippen LogP contribution is -2.34. The number of H-pyrrole nitrogens is 1. The first-order valence-corrected chi connectivity index (χ1v) is 10.0. The maximum atomic E-state index is 13.0. The minimum atomic E-state index is -0.578. The molecule has 1 amide bonds. The van der Waals surface area contributed by atoms with Gasteiger partial charge in [-0.25, -0.2) is 9.78 Å². The summed E-state index contributed by atoms with van der Waals surface area (Å²) < 4.78 is 1.41. The molecule has 0 aliphatic heterocycles. The number of rotatable bonds is 6. The molecule has 7 nitrogen and oxygen atoms in total. The lowest BCUT2D eigenvalue weighted by molar-refractivity contribution is 0.0953. The number of hydrogen-bond donors (Lipinski definition) is 2. The summed E-state index contributed by atoms with van der Waals surface area (Å²) in [4.78, 5) is 44.7. The van der Waals surface area contributed by atoms with E-state index in [0.717, 1.165) is 24.1 Å². The summed E-state index contributed by atoms with van der Waals surface area (Å²) in [5, 5.41) is 3.12. The molecule has 29 heavy (non-hydrogen) atoms. The number of nitrogens with zero attached hydrogens (tertiary/aromatic N) is 2. The van der Waals surface area contributed by atoms with Gasteiger partial charge in [0.1, 0.15) is 0 Å². The summed E-state index contributed by atoms with van der Waals surface area (Å²) >= 11 is 0. The highest BCUT2D eigenvalue weighted by molar-refractivity contribution is 6.05. The zero-order chi connectivity index (χ0) is 20.5. The predicted molar refractivity (Wildman–Crippen MR) is 111 cm³/mol. The Labute approximate surface area is 167 Å². The first kappa shape index (κ1) is 19.1. The summed E-state index contributed by atoms with van der Waals surface area (Å²) in [5.74, 6) is 0.0889. The van der Waals surface area contributed by atoms with E-state index in [9.17, 15) is 14.4 Å². The Kier molecular flexibility index (Phi) is 5.05. The monoisotopic (exact) mass is 392 g/mol. The molecule has 2 N–H and O–H groups in total. The van der Waals surface area contributed by atoms with E-state index < -0.39 is 11.2 Å². The SMILES string of the molecule is CCn1c(=O)[nH]c(=O)c2c(C(=O)NC[C@H](C)c3ccccc3)cc(C3CC3)nc21. The average Bonchev–Trinajstić information content (AvgIpc) is 3.57. The number of carbonyl (C=O) groups excluding carboxylic acids is 1. The normalized spacial score (nSPS) is 14.7. The zero-order valence-corrected chi connectivity index (χ0v) is 16.6. The van der Waals surface area contributed by atoms with Gasteiger partial charge in [-0.05, 0) is 37.3 Å². The van der Waals surface area contributed by atoms with Gasteiger partial charge >= 0.3 is 5.69 Å². The molecule has 1 fully saturated rings. The second-order valence-corrected chi connectivity index (χ2v) is 7.59. The van der Waals surface area contributed by atoms with E-state index in [-0.39, 0.29) is 34.3 Å². The van der Waals surface area contributed by atoms with Crippen LogP contribution in [0.4, 0.5) is 0 Å². The van der Waals surface area contributed by atoms with Crippen molar-refractivity contribution < 1.29 is 4.79 Å². The van der Waals surface area contributed by atoms with Gasteiger partial charge in [0.25, 0.3) is 11.5 Å². The molecule has 4 rings (SSSR count). The van der Waals surface area contributed by atoms with Crippen molar-refractivity contribution in [2.24, 2.45) is 0 Å². The van der Waals surface area contributed by atoms with E-state index in [0.29, 0.717) is 13.1 Å². The highest BCUT2D eigenvalue weighted by Crippen LogP contribution is 2.39. The minimum Gasteiger partial charge on any atom is -0.351 e.